The normalized spacial score (nSPS) is 10.9. The van der Waals surface area contributed by atoms with Gasteiger partial charge in [-0.1, -0.05) is 23.7 Å². The third-order valence-electron chi connectivity index (χ3n) is 2.33. The van der Waals surface area contributed by atoms with Crippen molar-refractivity contribution in [3.63, 3.8) is 0 Å². The molecule has 0 aliphatic carbocycles. The molecule has 0 radical (unpaired) electrons. The first kappa shape index (κ1) is 23.7. The molecule has 0 rings (SSSR count). The number of rotatable bonds is 9. The Morgan fingerprint density at radius 2 is 0.857 bits per heavy atom. The maximum atomic E-state index is 12.1. The van der Waals surface area contributed by atoms with Gasteiger partial charge in [-0.3, -0.25) is 0 Å². The van der Waals surface area contributed by atoms with Crippen LogP contribution in [0.3, 0.4) is 0 Å². The van der Waals surface area contributed by atoms with E-state index in [0.29, 0.717) is 0 Å². The van der Waals surface area contributed by atoms with Crippen LogP contribution in [0.5, 0.6) is 0 Å². The Morgan fingerprint density at radius 3 is 1.14 bits per heavy atom. The number of carbonyl (C=O) groups excluding carboxylic acids is 4. The van der Waals surface area contributed by atoms with Crippen molar-refractivity contribution < 1.29 is 47.6 Å². The zero-order valence-corrected chi connectivity index (χ0v) is 14.4. The molecular formula is C18H14O10. The molecule has 0 saturated carbocycles. The first-order valence-corrected chi connectivity index (χ1v) is 7.15. The molecule has 0 aromatic carbocycles. The van der Waals surface area contributed by atoms with Crippen molar-refractivity contribution in [1.82, 2.24) is 0 Å². The largest absolute Gasteiger partial charge is 0.510 e. The summed E-state index contributed by atoms with van der Waals surface area (Å²) in [4.78, 5) is 47.5. The lowest BCUT2D eigenvalue weighted by Gasteiger charge is -2.22. The van der Waals surface area contributed by atoms with Gasteiger partial charge < -0.3 is 28.4 Å². The molecule has 0 aliphatic rings. The Hall–Kier alpha value is -4.28. The van der Waals surface area contributed by atoms with Crippen LogP contribution in [-0.2, 0) is 38.0 Å². The Balaban J connectivity index is 5.62. The highest BCUT2D eigenvalue weighted by molar-refractivity contribution is 5.88. The van der Waals surface area contributed by atoms with Gasteiger partial charge in [0, 0.05) is 0 Å². The monoisotopic (exact) mass is 390 g/mol. The molecule has 0 fully saturated rings. The minimum Gasteiger partial charge on any atom is -0.450 e. The highest BCUT2D eigenvalue weighted by Crippen LogP contribution is 2.12. The van der Waals surface area contributed by atoms with E-state index in [9.17, 15) is 19.2 Å². The van der Waals surface area contributed by atoms with E-state index in [1.807, 2.05) is 23.7 Å². The third kappa shape index (κ3) is 9.27. The van der Waals surface area contributed by atoms with E-state index in [0.717, 1.165) is 0 Å². The number of terminal acetylenes is 4. The SMILES string of the molecule is C#CCOC(=O)OC(C(=O)OCC#C)C(OC(=O)OCC#C)C(=O)OCC#C. The Morgan fingerprint density at radius 1 is 0.571 bits per heavy atom. The molecule has 146 valence electrons. The lowest BCUT2D eigenvalue weighted by molar-refractivity contribution is -0.174. The van der Waals surface area contributed by atoms with Crippen LogP contribution in [-0.4, -0.2) is 62.9 Å². The van der Waals surface area contributed by atoms with Crippen LogP contribution in [0.1, 0.15) is 0 Å². The van der Waals surface area contributed by atoms with Crippen molar-refractivity contribution in [1.29, 1.82) is 0 Å². The van der Waals surface area contributed by atoms with Gasteiger partial charge in [0.2, 0.25) is 12.2 Å². The third-order valence-corrected chi connectivity index (χ3v) is 2.33. The molecule has 0 aromatic rings. The van der Waals surface area contributed by atoms with E-state index in [4.69, 9.17) is 25.7 Å². The van der Waals surface area contributed by atoms with Gasteiger partial charge in [-0.05, 0) is 0 Å². The molecule has 2 unspecified atom stereocenters. The predicted octanol–water partition coefficient (Wildman–Crippen LogP) is -0.351. The van der Waals surface area contributed by atoms with Crippen LogP contribution in [0.2, 0.25) is 0 Å². The van der Waals surface area contributed by atoms with Crippen LogP contribution in [0.4, 0.5) is 9.59 Å². The van der Waals surface area contributed by atoms with Crippen LogP contribution in [0, 0.1) is 49.4 Å². The molecule has 0 heterocycles. The number of carbonyl (C=O) groups is 4. The van der Waals surface area contributed by atoms with E-state index < -0.39 is 62.9 Å². The topological polar surface area (TPSA) is 124 Å². The molecular weight excluding hydrogens is 376 g/mol. The molecule has 0 spiro atoms. The standard InChI is InChI=1S/C18H14O10/c1-5-9-23-15(19)13(27-17(21)25-11-7-3)14(16(20)24-10-6-2)28-18(22)26-12-8-4/h1-4,13-14H,9-12H2. The summed E-state index contributed by atoms with van der Waals surface area (Å²) < 4.78 is 27.4. The van der Waals surface area contributed by atoms with Crippen LogP contribution < -0.4 is 0 Å². The lowest BCUT2D eigenvalue weighted by atomic mass is 10.2. The van der Waals surface area contributed by atoms with E-state index in [2.05, 4.69) is 28.4 Å². The van der Waals surface area contributed by atoms with Crippen molar-refractivity contribution in [3.8, 4) is 49.4 Å². The zero-order chi connectivity index (χ0) is 21.4. The van der Waals surface area contributed by atoms with Gasteiger partial charge in [0.25, 0.3) is 0 Å². The fraction of sp³-hybridized carbons (Fsp3) is 0.333. The lowest BCUT2D eigenvalue weighted by Crippen LogP contribution is -2.47. The molecule has 2 atom stereocenters. The zero-order valence-electron chi connectivity index (χ0n) is 14.4. The van der Waals surface area contributed by atoms with Crippen LogP contribution in [0.15, 0.2) is 0 Å². The molecule has 0 aliphatic heterocycles. The van der Waals surface area contributed by atoms with Gasteiger partial charge in [0.15, 0.2) is 26.4 Å². The predicted molar refractivity (Wildman–Crippen MR) is 89.7 cm³/mol. The van der Waals surface area contributed by atoms with E-state index in [1.165, 1.54) is 0 Å². The summed E-state index contributed by atoms with van der Waals surface area (Å²) in [5, 5.41) is 0. The van der Waals surface area contributed by atoms with Crippen molar-refractivity contribution >= 4 is 24.2 Å². The molecule has 0 aromatic heterocycles. The summed E-state index contributed by atoms with van der Waals surface area (Å²) in [5.41, 5.74) is 0. The maximum absolute atomic E-state index is 12.1. The van der Waals surface area contributed by atoms with E-state index >= 15 is 0 Å². The summed E-state index contributed by atoms with van der Waals surface area (Å²) in [7, 11) is 0. The van der Waals surface area contributed by atoms with Gasteiger partial charge in [0.05, 0.1) is 0 Å². The number of hydrogen-bond donors (Lipinski definition) is 0. The highest BCUT2D eigenvalue weighted by Gasteiger charge is 2.43. The number of hydrogen-bond acceptors (Lipinski definition) is 10. The van der Waals surface area contributed by atoms with E-state index in [-0.39, 0.29) is 0 Å². The van der Waals surface area contributed by atoms with Crippen LogP contribution in [0.25, 0.3) is 0 Å². The maximum Gasteiger partial charge on any atom is 0.510 e. The van der Waals surface area contributed by atoms with Crippen LogP contribution >= 0.6 is 0 Å². The fourth-order valence-electron chi connectivity index (χ4n) is 1.33. The van der Waals surface area contributed by atoms with Gasteiger partial charge in [0.1, 0.15) is 0 Å². The summed E-state index contributed by atoms with van der Waals surface area (Å²) in [6.45, 7) is -2.12. The van der Waals surface area contributed by atoms with Crippen molar-refractivity contribution in [2.45, 2.75) is 12.2 Å². The van der Waals surface area contributed by atoms with E-state index in [1.54, 1.807) is 0 Å². The average Bonchev–Trinajstić information content (AvgIpc) is 2.69. The minimum atomic E-state index is -2.18. The molecule has 0 saturated heterocycles. The second-order valence-electron chi connectivity index (χ2n) is 4.19. The number of ether oxygens (including phenoxy) is 6. The fourth-order valence-corrected chi connectivity index (χ4v) is 1.33. The second-order valence-corrected chi connectivity index (χ2v) is 4.19. The van der Waals surface area contributed by atoms with Gasteiger partial charge in [-0.15, -0.1) is 25.7 Å². The Kier molecular flexibility index (Phi) is 11.8. The van der Waals surface area contributed by atoms with Crippen molar-refractivity contribution in [3.05, 3.63) is 0 Å². The molecule has 10 heteroatoms. The van der Waals surface area contributed by atoms with Crippen molar-refractivity contribution in [2.24, 2.45) is 0 Å². The smallest absolute Gasteiger partial charge is 0.450 e. The summed E-state index contributed by atoms with van der Waals surface area (Å²) in [6, 6.07) is 0. The van der Waals surface area contributed by atoms with Gasteiger partial charge in [-0.2, -0.15) is 0 Å². The highest BCUT2D eigenvalue weighted by atomic mass is 16.8. The van der Waals surface area contributed by atoms with Gasteiger partial charge in [-0.25, -0.2) is 19.2 Å². The first-order valence-electron chi connectivity index (χ1n) is 7.15. The summed E-state index contributed by atoms with van der Waals surface area (Å²) in [6.07, 6.45) is 12.4. The molecule has 0 N–H and O–H groups in total. The van der Waals surface area contributed by atoms with Crippen molar-refractivity contribution in [2.75, 3.05) is 26.4 Å². The van der Waals surface area contributed by atoms with Gasteiger partial charge >= 0.3 is 24.2 Å². The Bertz CT molecular complexity index is 676. The Labute approximate surface area is 160 Å². The summed E-state index contributed by atoms with van der Waals surface area (Å²) in [5.74, 6) is 5.16. The first-order chi connectivity index (χ1) is 13.4. The average molecular weight is 390 g/mol. The number of esters is 2. The summed E-state index contributed by atoms with van der Waals surface area (Å²) >= 11 is 0. The quantitative estimate of drug-likeness (QED) is 0.293. The second kappa shape index (κ2) is 13.9. The molecule has 0 bridgehead atoms. The molecule has 28 heavy (non-hydrogen) atoms. The minimum absolute atomic E-state index is 0.512. The molecule has 10 nitrogen and oxygen atoms in total. The molecule has 0 amide bonds.